The zero-order valence-electron chi connectivity index (χ0n) is 12.7. The van der Waals surface area contributed by atoms with Crippen LogP contribution in [0.15, 0.2) is 24.3 Å². The minimum Gasteiger partial charge on any atom is -0.497 e. The Morgan fingerprint density at radius 3 is 2.58 bits per heavy atom. The van der Waals surface area contributed by atoms with Crippen molar-refractivity contribution in [3.8, 4) is 5.75 Å². The van der Waals surface area contributed by atoms with E-state index in [0.29, 0.717) is 6.04 Å². The summed E-state index contributed by atoms with van der Waals surface area (Å²) < 4.78 is 5.26. The fourth-order valence-corrected chi connectivity index (χ4v) is 2.25. The lowest BCUT2D eigenvalue weighted by molar-refractivity contribution is 0.413. The minimum atomic E-state index is 0.394. The number of methoxy groups -OCH3 is 1. The van der Waals surface area contributed by atoms with Crippen LogP contribution in [0.4, 0.5) is 0 Å². The zero-order valence-corrected chi connectivity index (χ0v) is 12.7. The van der Waals surface area contributed by atoms with E-state index in [2.05, 4.69) is 37.4 Å². The Hall–Kier alpha value is -1.02. The highest BCUT2D eigenvalue weighted by Gasteiger charge is 2.05. The average molecular weight is 263 g/mol. The van der Waals surface area contributed by atoms with Gasteiger partial charge >= 0.3 is 0 Å². The van der Waals surface area contributed by atoms with Gasteiger partial charge in [-0.3, -0.25) is 0 Å². The van der Waals surface area contributed by atoms with Gasteiger partial charge in [-0.05, 0) is 37.6 Å². The molecule has 1 rings (SSSR count). The van der Waals surface area contributed by atoms with Crippen LogP contribution < -0.4 is 10.1 Å². The molecule has 1 aromatic carbocycles. The largest absolute Gasteiger partial charge is 0.497 e. The van der Waals surface area contributed by atoms with Gasteiger partial charge in [0.2, 0.25) is 0 Å². The Morgan fingerprint density at radius 1 is 1.11 bits per heavy atom. The number of ether oxygens (including phenoxy) is 1. The lowest BCUT2D eigenvalue weighted by Gasteiger charge is -2.15. The highest BCUT2D eigenvalue weighted by Crippen LogP contribution is 2.18. The standard InChI is InChI=1S/C17H29NO/c1-4-5-6-7-8-9-13-18-15(2)16-11-10-12-17(14-16)19-3/h10-12,14-15,18H,4-9,13H2,1-3H3. The summed E-state index contributed by atoms with van der Waals surface area (Å²) in [7, 11) is 1.72. The molecule has 0 aliphatic carbocycles. The molecule has 19 heavy (non-hydrogen) atoms. The van der Waals surface area contributed by atoms with E-state index in [9.17, 15) is 0 Å². The third kappa shape index (κ3) is 6.63. The van der Waals surface area contributed by atoms with Crippen LogP contribution in [0.2, 0.25) is 0 Å². The van der Waals surface area contributed by atoms with Crippen molar-refractivity contribution in [2.24, 2.45) is 0 Å². The maximum atomic E-state index is 5.26. The summed E-state index contributed by atoms with van der Waals surface area (Å²) in [5.74, 6) is 0.936. The number of benzene rings is 1. The molecule has 108 valence electrons. The number of unbranched alkanes of at least 4 members (excludes halogenated alkanes) is 5. The zero-order chi connectivity index (χ0) is 13.9. The number of hydrogen-bond donors (Lipinski definition) is 1. The molecule has 0 saturated carbocycles. The highest BCUT2D eigenvalue weighted by molar-refractivity contribution is 5.30. The lowest BCUT2D eigenvalue weighted by Crippen LogP contribution is -2.19. The molecule has 0 aliphatic rings. The van der Waals surface area contributed by atoms with E-state index >= 15 is 0 Å². The summed E-state index contributed by atoms with van der Waals surface area (Å²) in [6, 6.07) is 8.70. The van der Waals surface area contributed by atoms with E-state index in [1.807, 2.05) is 6.07 Å². The van der Waals surface area contributed by atoms with Gasteiger partial charge in [0.25, 0.3) is 0 Å². The van der Waals surface area contributed by atoms with Crippen molar-refractivity contribution in [3.05, 3.63) is 29.8 Å². The molecule has 1 aromatic rings. The van der Waals surface area contributed by atoms with E-state index in [-0.39, 0.29) is 0 Å². The van der Waals surface area contributed by atoms with Gasteiger partial charge in [0, 0.05) is 6.04 Å². The van der Waals surface area contributed by atoms with Crippen LogP contribution in [-0.4, -0.2) is 13.7 Å². The molecular weight excluding hydrogens is 234 g/mol. The summed E-state index contributed by atoms with van der Waals surface area (Å²) in [6.07, 6.45) is 8.10. The molecule has 0 aliphatic heterocycles. The summed E-state index contributed by atoms with van der Waals surface area (Å²) in [5.41, 5.74) is 1.30. The number of rotatable bonds is 10. The summed E-state index contributed by atoms with van der Waals surface area (Å²) in [4.78, 5) is 0. The van der Waals surface area contributed by atoms with Crippen molar-refractivity contribution in [2.45, 2.75) is 58.4 Å². The Kier molecular flexibility index (Phi) is 8.31. The molecule has 0 fully saturated rings. The number of nitrogens with one attached hydrogen (secondary N) is 1. The smallest absolute Gasteiger partial charge is 0.119 e. The molecule has 2 heteroatoms. The first kappa shape index (κ1) is 16.0. The van der Waals surface area contributed by atoms with Crippen LogP contribution in [0.1, 0.15) is 64.0 Å². The van der Waals surface area contributed by atoms with Gasteiger partial charge in [-0.1, -0.05) is 51.2 Å². The van der Waals surface area contributed by atoms with Gasteiger partial charge in [0.15, 0.2) is 0 Å². The molecule has 2 nitrogen and oxygen atoms in total. The first-order chi connectivity index (χ1) is 9.27. The van der Waals surface area contributed by atoms with Crippen LogP contribution in [0, 0.1) is 0 Å². The molecule has 1 atom stereocenters. The third-order valence-corrected chi connectivity index (χ3v) is 3.57. The predicted octanol–water partition coefficient (Wildman–Crippen LogP) is 4.71. The van der Waals surface area contributed by atoms with Gasteiger partial charge < -0.3 is 10.1 Å². The van der Waals surface area contributed by atoms with Gasteiger partial charge in [-0.25, -0.2) is 0 Å². The second-order valence-electron chi connectivity index (χ2n) is 5.22. The van der Waals surface area contributed by atoms with Crippen molar-refractivity contribution in [3.63, 3.8) is 0 Å². The molecule has 1 N–H and O–H groups in total. The molecule has 0 spiro atoms. The topological polar surface area (TPSA) is 21.3 Å². The van der Waals surface area contributed by atoms with E-state index in [1.165, 1.54) is 44.1 Å². The minimum absolute atomic E-state index is 0.394. The van der Waals surface area contributed by atoms with Crippen molar-refractivity contribution >= 4 is 0 Å². The maximum Gasteiger partial charge on any atom is 0.119 e. The van der Waals surface area contributed by atoms with E-state index < -0.39 is 0 Å². The third-order valence-electron chi connectivity index (χ3n) is 3.57. The van der Waals surface area contributed by atoms with Crippen molar-refractivity contribution in [1.82, 2.24) is 5.32 Å². The highest BCUT2D eigenvalue weighted by atomic mass is 16.5. The Bertz CT molecular complexity index is 338. The summed E-state index contributed by atoms with van der Waals surface area (Å²) >= 11 is 0. The van der Waals surface area contributed by atoms with Crippen molar-refractivity contribution in [2.75, 3.05) is 13.7 Å². The molecule has 1 unspecified atom stereocenters. The van der Waals surface area contributed by atoms with Gasteiger partial charge in [0.1, 0.15) is 5.75 Å². The molecule has 0 heterocycles. The molecule has 0 saturated heterocycles. The Morgan fingerprint density at radius 2 is 1.84 bits per heavy atom. The van der Waals surface area contributed by atoms with Crippen LogP contribution in [0.5, 0.6) is 5.75 Å². The average Bonchev–Trinajstić information content (AvgIpc) is 2.46. The van der Waals surface area contributed by atoms with Crippen molar-refractivity contribution in [1.29, 1.82) is 0 Å². The lowest BCUT2D eigenvalue weighted by atomic mass is 10.1. The van der Waals surface area contributed by atoms with Crippen LogP contribution >= 0.6 is 0 Å². The van der Waals surface area contributed by atoms with Crippen LogP contribution in [0.3, 0.4) is 0 Å². The monoisotopic (exact) mass is 263 g/mol. The summed E-state index contributed by atoms with van der Waals surface area (Å²) in [6.45, 7) is 5.58. The fraction of sp³-hybridized carbons (Fsp3) is 0.647. The van der Waals surface area contributed by atoms with Gasteiger partial charge in [0.05, 0.1) is 7.11 Å². The predicted molar refractivity (Wildman–Crippen MR) is 82.8 cm³/mol. The molecule has 0 aromatic heterocycles. The molecule has 0 radical (unpaired) electrons. The van der Waals surface area contributed by atoms with E-state index in [0.717, 1.165) is 12.3 Å². The van der Waals surface area contributed by atoms with Gasteiger partial charge in [-0.15, -0.1) is 0 Å². The second-order valence-corrected chi connectivity index (χ2v) is 5.22. The number of hydrogen-bond acceptors (Lipinski definition) is 2. The Labute approximate surface area is 118 Å². The normalized spacial score (nSPS) is 12.4. The first-order valence-corrected chi connectivity index (χ1v) is 7.65. The van der Waals surface area contributed by atoms with Crippen molar-refractivity contribution < 1.29 is 4.74 Å². The van der Waals surface area contributed by atoms with Crippen LogP contribution in [-0.2, 0) is 0 Å². The molecule has 0 bridgehead atoms. The second kappa shape index (κ2) is 9.85. The first-order valence-electron chi connectivity index (χ1n) is 7.65. The van der Waals surface area contributed by atoms with E-state index in [1.54, 1.807) is 7.11 Å². The SMILES string of the molecule is CCCCCCCCNC(C)c1cccc(OC)c1. The molecule has 0 amide bonds. The Balaban J connectivity index is 2.18. The quantitative estimate of drug-likeness (QED) is 0.617. The molecular formula is C17H29NO. The fourth-order valence-electron chi connectivity index (χ4n) is 2.25. The van der Waals surface area contributed by atoms with Gasteiger partial charge in [-0.2, -0.15) is 0 Å². The summed E-state index contributed by atoms with van der Waals surface area (Å²) in [5, 5.41) is 3.59. The maximum absolute atomic E-state index is 5.26. The van der Waals surface area contributed by atoms with Crippen LogP contribution in [0.25, 0.3) is 0 Å². The van der Waals surface area contributed by atoms with E-state index in [4.69, 9.17) is 4.74 Å².